The van der Waals surface area contributed by atoms with Gasteiger partial charge in [-0.2, -0.15) is 0 Å². The number of benzene rings is 1. The molecular weight excluding hydrogens is 358 g/mol. The van der Waals surface area contributed by atoms with Gasteiger partial charge in [0.25, 0.3) is 5.91 Å². The monoisotopic (exact) mass is 383 g/mol. The van der Waals surface area contributed by atoms with Crippen LogP contribution in [0.4, 0.5) is 0 Å². The molecule has 1 saturated heterocycles. The summed E-state index contributed by atoms with van der Waals surface area (Å²) in [6.07, 6.45) is 1.79. The number of nitrogens with one attached hydrogen (secondary N) is 1. The second-order valence-electron chi connectivity index (χ2n) is 6.93. The van der Waals surface area contributed by atoms with E-state index in [4.69, 9.17) is 9.47 Å². The molecule has 7 nitrogen and oxygen atoms in total. The summed E-state index contributed by atoms with van der Waals surface area (Å²) in [5, 5.41) is 2.90. The summed E-state index contributed by atoms with van der Waals surface area (Å²) < 4.78 is 11.1. The SMILES string of the molecule is CC(C)Oc1ccc(C(=O)NC2CC(=O)N(CCOc3ccccc3)C2)cn1. The maximum Gasteiger partial charge on any atom is 0.253 e. The summed E-state index contributed by atoms with van der Waals surface area (Å²) in [5.74, 6) is 1.02. The summed E-state index contributed by atoms with van der Waals surface area (Å²) >= 11 is 0. The zero-order valence-corrected chi connectivity index (χ0v) is 16.1. The summed E-state index contributed by atoms with van der Waals surface area (Å²) in [5.41, 5.74) is 0.439. The van der Waals surface area contributed by atoms with Crippen molar-refractivity contribution in [2.45, 2.75) is 32.4 Å². The lowest BCUT2D eigenvalue weighted by Gasteiger charge is -2.17. The van der Waals surface area contributed by atoms with Crippen LogP contribution in [0.5, 0.6) is 11.6 Å². The molecule has 0 spiro atoms. The third-order valence-corrected chi connectivity index (χ3v) is 4.28. The molecule has 7 heteroatoms. The molecule has 148 valence electrons. The van der Waals surface area contributed by atoms with E-state index in [-0.39, 0.29) is 24.0 Å². The lowest BCUT2D eigenvalue weighted by molar-refractivity contribution is -0.128. The molecule has 1 aliphatic rings. The molecule has 1 fully saturated rings. The molecule has 1 unspecified atom stereocenters. The Labute approximate surface area is 164 Å². The van der Waals surface area contributed by atoms with Gasteiger partial charge in [-0.25, -0.2) is 4.98 Å². The molecule has 0 aliphatic carbocycles. The van der Waals surface area contributed by atoms with Gasteiger partial charge in [0, 0.05) is 25.2 Å². The minimum Gasteiger partial charge on any atom is -0.492 e. The minimum atomic E-state index is -0.246. The fourth-order valence-corrected chi connectivity index (χ4v) is 2.97. The number of carbonyl (C=O) groups is 2. The van der Waals surface area contributed by atoms with E-state index in [1.54, 1.807) is 17.0 Å². The molecule has 2 aromatic rings. The minimum absolute atomic E-state index is 0.0146. The van der Waals surface area contributed by atoms with E-state index in [0.29, 0.717) is 37.6 Å². The lowest BCUT2D eigenvalue weighted by Crippen LogP contribution is -2.38. The van der Waals surface area contributed by atoms with E-state index >= 15 is 0 Å². The van der Waals surface area contributed by atoms with Gasteiger partial charge < -0.3 is 19.7 Å². The average Bonchev–Trinajstić information content (AvgIpc) is 3.02. The molecule has 3 rings (SSSR count). The fraction of sp³-hybridized carbons (Fsp3) is 0.381. The van der Waals surface area contributed by atoms with Gasteiger partial charge >= 0.3 is 0 Å². The Balaban J connectivity index is 1.46. The van der Waals surface area contributed by atoms with Crippen molar-refractivity contribution < 1.29 is 19.1 Å². The van der Waals surface area contributed by atoms with Crippen molar-refractivity contribution in [1.29, 1.82) is 0 Å². The van der Waals surface area contributed by atoms with Crippen LogP contribution in [0.1, 0.15) is 30.6 Å². The first kappa shape index (κ1) is 19.7. The van der Waals surface area contributed by atoms with Crippen LogP contribution in [0.2, 0.25) is 0 Å². The number of rotatable bonds is 8. The number of hydrogen-bond donors (Lipinski definition) is 1. The van der Waals surface area contributed by atoms with Gasteiger partial charge in [0.15, 0.2) is 0 Å². The number of amides is 2. The van der Waals surface area contributed by atoms with Crippen molar-refractivity contribution in [2.24, 2.45) is 0 Å². The number of carbonyl (C=O) groups excluding carboxylic acids is 2. The molecule has 0 bridgehead atoms. The van der Waals surface area contributed by atoms with Gasteiger partial charge in [0.05, 0.1) is 24.3 Å². The molecule has 2 heterocycles. The quantitative estimate of drug-likeness (QED) is 0.756. The molecule has 1 N–H and O–H groups in total. The van der Waals surface area contributed by atoms with Crippen LogP contribution in [0.15, 0.2) is 48.7 Å². The Hall–Kier alpha value is -3.09. The summed E-state index contributed by atoms with van der Waals surface area (Å²) in [4.78, 5) is 30.4. The highest BCUT2D eigenvalue weighted by molar-refractivity contribution is 5.94. The van der Waals surface area contributed by atoms with E-state index < -0.39 is 0 Å². The topological polar surface area (TPSA) is 80.8 Å². The maximum absolute atomic E-state index is 12.4. The zero-order chi connectivity index (χ0) is 19.9. The summed E-state index contributed by atoms with van der Waals surface area (Å²) in [7, 11) is 0. The largest absolute Gasteiger partial charge is 0.492 e. The number of nitrogens with zero attached hydrogens (tertiary/aromatic N) is 2. The zero-order valence-electron chi connectivity index (χ0n) is 16.1. The van der Waals surface area contributed by atoms with E-state index in [9.17, 15) is 9.59 Å². The molecule has 1 aromatic carbocycles. The van der Waals surface area contributed by atoms with Crippen molar-refractivity contribution in [2.75, 3.05) is 19.7 Å². The summed E-state index contributed by atoms with van der Waals surface area (Å²) in [6, 6.07) is 12.6. The Morgan fingerprint density at radius 1 is 1.25 bits per heavy atom. The van der Waals surface area contributed by atoms with Crippen molar-refractivity contribution >= 4 is 11.8 Å². The van der Waals surface area contributed by atoms with E-state index in [2.05, 4.69) is 10.3 Å². The van der Waals surface area contributed by atoms with Crippen LogP contribution in [0, 0.1) is 0 Å². The number of ether oxygens (including phenoxy) is 2. The van der Waals surface area contributed by atoms with Gasteiger partial charge in [0.1, 0.15) is 12.4 Å². The average molecular weight is 383 g/mol. The molecule has 0 saturated carbocycles. The number of para-hydroxylation sites is 1. The van der Waals surface area contributed by atoms with Gasteiger partial charge in [0.2, 0.25) is 11.8 Å². The van der Waals surface area contributed by atoms with Crippen LogP contribution in [0.3, 0.4) is 0 Å². The highest BCUT2D eigenvalue weighted by Crippen LogP contribution is 2.14. The van der Waals surface area contributed by atoms with Crippen LogP contribution >= 0.6 is 0 Å². The normalized spacial score (nSPS) is 16.3. The highest BCUT2D eigenvalue weighted by Gasteiger charge is 2.30. The van der Waals surface area contributed by atoms with Crippen molar-refractivity contribution in [3.8, 4) is 11.6 Å². The van der Waals surface area contributed by atoms with Gasteiger partial charge in [-0.3, -0.25) is 9.59 Å². The van der Waals surface area contributed by atoms with Crippen LogP contribution in [-0.2, 0) is 4.79 Å². The third-order valence-electron chi connectivity index (χ3n) is 4.28. The molecule has 1 aromatic heterocycles. The third kappa shape index (κ3) is 5.45. The van der Waals surface area contributed by atoms with Crippen LogP contribution in [-0.4, -0.2) is 53.5 Å². The second-order valence-corrected chi connectivity index (χ2v) is 6.93. The number of likely N-dealkylation sites (tertiary alicyclic amines) is 1. The first-order valence-electron chi connectivity index (χ1n) is 9.40. The number of hydrogen-bond acceptors (Lipinski definition) is 5. The molecular formula is C21H25N3O4. The molecule has 2 amide bonds. The molecule has 0 radical (unpaired) electrons. The van der Waals surface area contributed by atoms with Crippen molar-refractivity contribution in [3.63, 3.8) is 0 Å². The Bertz CT molecular complexity index is 793. The molecule has 1 atom stereocenters. The highest BCUT2D eigenvalue weighted by atomic mass is 16.5. The predicted octanol–water partition coefficient (Wildman–Crippen LogP) is 2.28. The first-order chi connectivity index (χ1) is 13.5. The predicted molar refractivity (Wildman–Crippen MR) is 104 cm³/mol. The van der Waals surface area contributed by atoms with Crippen LogP contribution in [0.25, 0.3) is 0 Å². The molecule has 28 heavy (non-hydrogen) atoms. The van der Waals surface area contributed by atoms with Crippen LogP contribution < -0.4 is 14.8 Å². The standard InChI is InChI=1S/C21H25N3O4/c1-15(2)28-19-9-8-16(13-22-19)21(26)23-17-12-20(25)24(14-17)10-11-27-18-6-4-3-5-7-18/h3-9,13,15,17H,10-12,14H2,1-2H3,(H,23,26). The maximum atomic E-state index is 12.4. The number of pyridine rings is 1. The van der Waals surface area contributed by atoms with Gasteiger partial charge in [-0.1, -0.05) is 18.2 Å². The Morgan fingerprint density at radius 3 is 2.71 bits per heavy atom. The van der Waals surface area contributed by atoms with Crippen molar-refractivity contribution in [3.05, 3.63) is 54.2 Å². The fourth-order valence-electron chi connectivity index (χ4n) is 2.97. The number of aromatic nitrogens is 1. The summed E-state index contributed by atoms with van der Waals surface area (Å²) in [6.45, 7) is 5.21. The van der Waals surface area contributed by atoms with Crippen molar-refractivity contribution in [1.82, 2.24) is 15.2 Å². The lowest BCUT2D eigenvalue weighted by atomic mass is 10.2. The Kier molecular flexibility index (Phi) is 6.47. The van der Waals surface area contributed by atoms with Gasteiger partial charge in [-0.15, -0.1) is 0 Å². The Morgan fingerprint density at radius 2 is 2.04 bits per heavy atom. The molecule has 1 aliphatic heterocycles. The van der Waals surface area contributed by atoms with E-state index in [0.717, 1.165) is 5.75 Å². The van der Waals surface area contributed by atoms with E-state index in [1.807, 2.05) is 44.2 Å². The van der Waals surface area contributed by atoms with E-state index in [1.165, 1.54) is 6.20 Å². The van der Waals surface area contributed by atoms with Gasteiger partial charge in [-0.05, 0) is 32.0 Å². The smallest absolute Gasteiger partial charge is 0.253 e. The first-order valence-corrected chi connectivity index (χ1v) is 9.40. The second kappa shape index (κ2) is 9.21.